The number of rotatable bonds is 8. The molecule has 0 bridgehead atoms. The highest BCUT2D eigenvalue weighted by Crippen LogP contribution is 2.17. The van der Waals surface area contributed by atoms with Gasteiger partial charge >= 0.3 is 0 Å². The highest BCUT2D eigenvalue weighted by atomic mass is 16.3. The molecule has 1 rings (SSSR count). The Bertz CT molecular complexity index is 292. The summed E-state index contributed by atoms with van der Waals surface area (Å²) >= 11 is 0. The maximum Gasteiger partial charge on any atom is 0.0645 e. The smallest absolute Gasteiger partial charge is 0.0645 e. The molecule has 0 amide bonds. The van der Waals surface area contributed by atoms with Gasteiger partial charge in [0.05, 0.1) is 18.3 Å². The van der Waals surface area contributed by atoms with Gasteiger partial charge in [0.15, 0.2) is 0 Å². The number of hydrogen-bond acceptors (Lipinski definition) is 4. The number of aliphatic hydroxyl groups is 1. The third-order valence-electron chi connectivity index (χ3n) is 2.88. The number of pyridine rings is 1. The van der Waals surface area contributed by atoms with E-state index in [4.69, 9.17) is 10.8 Å². The fraction of sp³-hybridized carbons (Fsp3) is 0.615. The van der Waals surface area contributed by atoms with Crippen molar-refractivity contribution in [2.45, 2.75) is 25.8 Å². The number of hydrogen-bond donors (Lipinski definition) is 2. The first-order valence-corrected chi connectivity index (χ1v) is 6.29. The lowest BCUT2D eigenvalue weighted by Crippen LogP contribution is -2.37. The lowest BCUT2D eigenvalue weighted by atomic mass is 10.1. The molecule has 0 saturated carbocycles. The number of nitrogens with two attached hydrogens (primary N) is 1. The summed E-state index contributed by atoms with van der Waals surface area (Å²) in [4.78, 5) is 6.57. The summed E-state index contributed by atoms with van der Waals surface area (Å²) < 4.78 is 0. The van der Waals surface area contributed by atoms with E-state index in [0.29, 0.717) is 13.1 Å². The molecule has 0 aromatic carbocycles. The predicted molar refractivity (Wildman–Crippen MR) is 69.6 cm³/mol. The molecule has 0 aliphatic rings. The van der Waals surface area contributed by atoms with Crippen LogP contribution in [0, 0.1) is 0 Å². The molecule has 1 aromatic heterocycles. The minimum Gasteiger partial charge on any atom is -0.395 e. The lowest BCUT2D eigenvalue weighted by molar-refractivity contribution is 0.149. The molecular formula is C13H23N3O. The number of aromatic nitrogens is 1. The Hall–Kier alpha value is -0.970. The van der Waals surface area contributed by atoms with Gasteiger partial charge in [0, 0.05) is 19.3 Å². The van der Waals surface area contributed by atoms with Crippen molar-refractivity contribution in [2.24, 2.45) is 5.73 Å². The highest BCUT2D eigenvalue weighted by molar-refractivity contribution is 5.09. The van der Waals surface area contributed by atoms with Gasteiger partial charge < -0.3 is 10.8 Å². The minimum absolute atomic E-state index is 0.106. The van der Waals surface area contributed by atoms with E-state index >= 15 is 0 Å². The fourth-order valence-corrected chi connectivity index (χ4v) is 1.94. The second-order valence-electron chi connectivity index (χ2n) is 4.12. The van der Waals surface area contributed by atoms with Gasteiger partial charge in [-0.25, -0.2) is 0 Å². The van der Waals surface area contributed by atoms with Crippen molar-refractivity contribution in [2.75, 3.05) is 26.2 Å². The van der Waals surface area contributed by atoms with E-state index in [1.165, 1.54) is 0 Å². The van der Waals surface area contributed by atoms with Crippen LogP contribution < -0.4 is 5.73 Å². The molecule has 4 heteroatoms. The summed E-state index contributed by atoms with van der Waals surface area (Å²) in [6, 6.07) is 5.98. The lowest BCUT2D eigenvalue weighted by Gasteiger charge is -2.29. The van der Waals surface area contributed by atoms with Crippen LogP contribution in [0.3, 0.4) is 0 Å². The molecule has 0 radical (unpaired) electrons. The standard InChI is InChI=1S/C13H23N3O/c1-2-3-8-16(9-10-17)13(11-14)12-6-4-5-7-15-12/h4-7,13,17H,2-3,8-11,14H2,1H3. The van der Waals surface area contributed by atoms with Crippen LogP contribution in [0.2, 0.25) is 0 Å². The SMILES string of the molecule is CCCCN(CCO)C(CN)c1ccccn1. The Kier molecular flexibility index (Phi) is 6.77. The maximum atomic E-state index is 9.12. The maximum absolute atomic E-state index is 9.12. The van der Waals surface area contributed by atoms with Gasteiger partial charge in [-0.1, -0.05) is 19.4 Å². The summed E-state index contributed by atoms with van der Waals surface area (Å²) in [5.74, 6) is 0. The van der Waals surface area contributed by atoms with Crippen LogP contribution in [0.1, 0.15) is 31.5 Å². The van der Waals surface area contributed by atoms with Crippen molar-refractivity contribution in [3.63, 3.8) is 0 Å². The topological polar surface area (TPSA) is 62.4 Å². The highest BCUT2D eigenvalue weighted by Gasteiger charge is 2.18. The van der Waals surface area contributed by atoms with Gasteiger partial charge in [-0.05, 0) is 25.1 Å². The quantitative estimate of drug-likeness (QED) is 0.712. The first-order chi connectivity index (χ1) is 8.33. The summed E-state index contributed by atoms with van der Waals surface area (Å²) in [5.41, 5.74) is 6.83. The van der Waals surface area contributed by atoms with Crippen LogP contribution in [0.25, 0.3) is 0 Å². The van der Waals surface area contributed by atoms with Gasteiger partial charge in [0.25, 0.3) is 0 Å². The summed E-state index contributed by atoms with van der Waals surface area (Å²) in [6.45, 7) is 4.46. The van der Waals surface area contributed by atoms with Crippen molar-refractivity contribution in [1.29, 1.82) is 0 Å². The van der Waals surface area contributed by atoms with Gasteiger partial charge in [-0.15, -0.1) is 0 Å². The van der Waals surface area contributed by atoms with Crippen LogP contribution in [-0.4, -0.2) is 41.2 Å². The second-order valence-corrected chi connectivity index (χ2v) is 4.12. The summed E-state index contributed by atoms with van der Waals surface area (Å²) in [6.07, 6.45) is 4.04. The van der Waals surface area contributed by atoms with Crippen molar-refractivity contribution in [1.82, 2.24) is 9.88 Å². The zero-order valence-corrected chi connectivity index (χ0v) is 10.5. The average molecular weight is 237 g/mol. The molecule has 17 heavy (non-hydrogen) atoms. The van der Waals surface area contributed by atoms with Gasteiger partial charge in [-0.3, -0.25) is 9.88 Å². The number of aliphatic hydroxyl groups excluding tert-OH is 1. The van der Waals surface area contributed by atoms with Crippen molar-refractivity contribution in [3.05, 3.63) is 30.1 Å². The molecular weight excluding hydrogens is 214 g/mol. The van der Waals surface area contributed by atoms with Gasteiger partial charge in [-0.2, -0.15) is 0 Å². The van der Waals surface area contributed by atoms with E-state index in [1.807, 2.05) is 18.2 Å². The van der Waals surface area contributed by atoms with Crippen LogP contribution >= 0.6 is 0 Å². The predicted octanol–water partition coefficient (Wildman–Crippen LogP) is 1.18. The molecule has 0 fully saturated rings. The second kappa shape index (κ2) is 8.17. The molecule has 0 aliphatic carbocycles. The molecule has 0 saturated heterocycles. The van der Waals surface area contributed by atoms with Gasteiger partial charge in [0.1, 0.15) is 0 Å². The van der Waals surface area contributed by atoms with Crippen molar-refractivity contribution in [3.8, 4) is 0 Å². The molecule has 0 aliphatic heterocycles. The minimum atomic E-state index is 0.106. The Morgan fingerprint density at radius 1 is 1.41 bits per heavy atom. The third kappa shape index (κ3) is 4.42. The van der Waals surface area contributed by atoms with E-state index in [1.54, 1.807) is 6.20 Å². The Labute approximate surface area is 103 Å². The monoisotopic (exact) mass is 237 g/mol. The fourth-order valence-electron chi connectivity index (χ4n) is 1.94. The Morgan fingerprint density at radius 2 is 2.24 bits per heavy atom. The van der Waals surface area contributed by atoms with E-state index in [0.717, 1.165) is 25.1 Å². The third-order valence-corrected chi connectivity index (χ3v) is 2.88. The summed E-state index contributed by atoms with van der Waals surface area (Å²) in [7, 11) is 0. The number of nitrogens with zero attached hydrogens (tertiary/aromatic N) is 2. The van der Waals surface area contributed by atoms with E-state index in [2.05, 4.69) is 16.8 Å². The zero-order chi connectivity index (χ0) is 12.5. The summed E-state index contributed by atoms with van der Waals surface area (Å²) in [5, 5.41) is 9.12. The number of unbranched alkanes of at least 4 members (excludes halogenated alkanes) is 1. The molecule has 1 atom stereocenters. The first kappa shape index (κ1) is 14.1. The molecule has 1 aromatic rings. The van der Waals surface area contributed by atoms with Crippen LogP contribution in [0.15, 0.2) is 24.4 Å². The molecule has 96 valence electrons. The van der Waals surface area contributed by atoms with E-state index < -0.39 is 0 Å². The van der Waals surface area contributed by atoms with Crippen molar-refractivity contribution >= 4 is 0 Å². The Balaban J connectivity index is 2.73. The average Bonchev–Trinajstić information content (AvgIpc) is 2.38. The molecule has 3 N–H and O–H groups in total. The molecule has 1 unspecified atom stereocenters. The molecule has 0 spiro atoms. The molecule has 4 nitrogen and oxygen atoms in total. The van der Waals surface area contributed by atoms with Gasteiger partial charge in [0.2, 0.25) is 0 Å². The van der Waals surface area contributed by atoms with Crippen LogP contribution in [0.5, 0.6) is 0 Å². The largest absolute Gasteiger partial charge is 0.395 e. The van der Waals surface area contributed by atoms with Crippen LogP contribution in [0.4, 0.5) is 0 Å². The normalized spacial score (nSPS) is 12.9. The Morgan fingerprint density at radius 3 is 2.76 bits per heavy atom. The molecule has 1 heterocycles. The first-order valence-electron chi connectivity index (χ1n) is 6.29. The van der Waals surface area contributed by atoms with Crippen LogP contribution in [-0.2, 0) is 0 Å². The zero-order valence-electron chi connectivity index (χ0n) is 10.5. The van der Waals surface area contributed by atoms with Crippen molar-refractivity contribution < 1.29 is 5.11 Å². The van der Waals surface area contributed by atoms with E-state index in [9.17, 15) is 0 Å². The van der Waals surface area contributed by atoms with E-state index in [-0.39, 0.29) is 12.6 Å².